The summed E-state index contributed by atoms with van der Waals surface area (Å²) in [5.41, 5.74) is 0.754. The molecule has 0 fully saturated rings. The van der Waals surface area contributed by atoms with Crippen LogP contribution in [0, 0.1) is 0 Å². The first-order chi connectivity index (χ1) is 10.7. The van der Waals surface area contributed by atoms with E-state index in [1.807, 2.05) is 55.6 Å². The summed E-state index contributed by atoms with van der Waals surface area (Å²) >= 11 is 1.66. The van der Waals surface area contributed by atoms with Gasteiger partial charge in [-0.1, -0.05) is 12.1 Å². The Balaban J connectivity index is 1.89. The lowest BCUT2D eigenvalue weighted by atomic mass is 10.3. The van der Waals surface area contributed by atoms with E-state index in [0.29, 0.717) is 18.1 Å². The van der Waals surface area contributed by atoms with E-state index in [1.54, 1.807) is 17.8 Å². The van der Waals surface area contributed by atoms with Gasteiger partial charge in [0.2, 0.25) is 0 Å². The zero-order valence-corrected chi connectivity index (χ0v) is 13.5. The molecule has 0 spiro atoms. The minimum absolute atomic E-state index is 0.0611. The normalized spacial score (nSPS) is 10.1. The summed E-state index contributed by atoms with van der Waals surface area (Å²) in [6.07, 6.45) is 2.01. The van der Waals surface area contributed by atoms with E-state index in [2.05, 4.69) is 5.32 Å². The fraction of sp³-hybridized carbons (Fsp3) is 0.235. The lowest BCUT2D eigenvalue weighted by molar-refractivity contribution is -0.118. The van der Waals surface area contributed by atoms with Crippen LogP contribution < -0.4 is 14.8 Å². The second kappa shape index (κ2) is 8.34. The van der Waals surface area contributed by atoms with Crippen LogP contribution in [0.25, 0.3) is 0 Å². The third kappa shape index (κ3) is 4.70. The van der Waals surface area contributed by atoms with Gasteiger partial charge in [0, 0.05) is 10.6 Å². The van der Waals surface area contributed by atoms with E-state index in [-0.39, 0.29) is 12.5 Å². The number of thioether (sulfide) groups is 1. The molecule has 2 aromatic carbocycles. The van der Waals surface area contributed by atoms with Crippen molar-refractivity contribution in [2.45, 2.75) is 11.8 Å². The highest BCUT2D eigenvalue weighted by atomic mass is 32.2. The molecule has 22 heavy (non-hydrogen) atoms. The maximum Gasteiger partial charge on any atom is 0.262 e. The van der Waals surface area contributed by atoms with Crippen LogP contribution in [0.4, 0.5) is 5.69 Å². The highest BCUT2D eigenvalue weighted by Gasteiger charge is 2.07. The van der Waals surface area contributed by atoms with Crippen molar-refractivity contribution in [1.82, 2.24) is 0 Å². The maximum absolute atomic E-state index is 11.9. The zero-order valence-electron chi connectivity index (χ0n) is 12.7. The molecule has 0 unspecified atom stereocenters. The maximum atomic E-state index is 11.9. The SMILES string of the molecule is CCOc1ccccc1OCC(=O)Nc1ccc(SC)cc1. The highest BCUT2D eigenvalue weighted by Crippen LogP contribution is 2.26. The smallest absolute Gasteiger partial charge is 0.262 e. The molecule has 0 atom stereocenters. The van der Waals surface area contributed by atoms with Gasteiger partial charge < -0.3 is 14.8 Å². The van der Waals surface area contributed by atoms with Crippen LogP contribution in [0.1, 0.15) is 6.92 Å². The molecule has 4 nitrogen and oxygen atoms in total. The molecule has 0 aromatic heterocycles. The second-order valence-corrected chi connectivity index (χ2v) is 5.32. The van der Waals surface area contributed by atoms with Crippen LogP contribution in [-0.4, -0.2) is 25.4 Å². The predicted molar refractivity (Wildman–Crippen MR) is 90.0 cm³/mol. The summed E-state index contributed by atoms with van der Waals surface area (Å²) in [6.45, 7) is 2.39. The molecule has 0 radical (unpaired) electrons. The molecule has 0 heterocycles. The van der Waals surface area contributed by atoms with E-state index in [1.165, 1.54) is 0 Å². The lowest BCUT2D eigenvalue weighted by Gasteiger charge is -2.11. The molecule has 0 aliphatic rings. The fourth-order valence-corrected chi connectivity index (χ4v) is 2.27. The van der Waals surface area contributed by atoms with Gasteiger partial charge >= 0.3 is 0 Å². The van der Waals surface area contributed by atoms with Crippen LogP contribution in [-0.2, 0) is 4.79 Å². The van der Waals surface area contributed by atoms with E-state index in [9.17, 15) is 4.79 Å². The highest BCUT2D eigenvalue weighted by molar-refractivity contribution is 7.98. The minimum Gasteiger partial charge on any atom is -0.490 e. The third-order valence-electron chi connectivity index (χ3n) is 2.88. The molecular formula is C17H19NO3S. The number of anilines is 1. The van der Waals surface area contributed by atoms with Crippen molar-refractivity contribution < 1.29 is 14.3 Å². The van der Waals surface area contributed by atoms with Gasteiger partial charge in [0.25, 0.3) is 5.91 Å². The van der Waals surface area contributed by atoms with Crippen LogP contribution in [0.5, 0.6) is 11.5 Å². The van der Waals surface area contributed by atoms with Gasteiger partial charge in [0.15, 0.2) is 18.1 Å². The van der Waals surface area contributed by atoms with Crippen LogP contribution >= 0.6 is 11.8 Å². The number of amides is 1. The lowest BCUT2D eigenvalue weighted by Crippen LogP contribution is -2.20. The first-order valence-corrected chi connectivity index (χ1v) is 8.24. The number of rotatable bonds is 7. The van der Waals surface area contributed by atoms with Gasteiger partial charge in [0.1, 0.15) is 0 Å². The number of carbonyl (C=O) groups excluding carboxylic acids is 1. The van der Waals surface area contributed by atoms with Crippen molar-refractivity contribution in [1.29, 1.82) is 0 Å². The molecule has 2 aromatic rings. The van der Waals surface area contributed by atoms with Gasteiger partial charge in [-0.05, 0) is 49.6 Å². The third-order valence-corrected chi connectivity index (χ3v) is 3.63. The van der Waals surface area contributed by atoms with Crippen molar-refractivity contribution in [3.8, 4) is 11.5 Å². The van der Waals surface area contributed by atoms with Crippen molar-refractivity contribution in [2.75, 3.05) is 24.8 Å². The molecule has 0 saturated heterocycles. The molecule has 116 valence electrons. The van der Waals surface area contributed by atoms with Crippen molar-refractivity contribution in [3.63, 3.8) is 0 Å². The number of carbonyl (C=O) groups is 1. The second-order valence-electron chi connectivity index (χ2n) is 4.45. The number of para-hydroxylation sites is 2. The van der Waals surface area contributed by atoms with Crippen LogP contribution in [0.3, 0.4) is 0 Å². The first-order valence-electron chi connectivity index (χ1n) is 7.01. The van der Waals surface area contributed by atoms with Crippen molar-refractivity contribution in [2.24, 2.45) is 0 Å². The number of hydrogen-bond acceptors (Lipinski definition) is 4. The minimum atomic E-state index is -0.205. The largest absolute Gasteiger partial charge is 0.490 e. The van der Waals surface area contributed by atoms with Gasteiger partial charge in [-0.3, -0.25) is 4.79 Å². The van der Waals surface area contributed by atoms with Crippen molar-refractivity contribution >= 4 is 23.4 Å². The van der Waals surface area contributed by atoms with Crippen molar-refractivity contribution in [3.05, 3.63) is 48.5 Å². The molecule has 0 aliphatic heterocycles. The predicted octanol–water partition coefficient (Wildman–Crippen LogP) is 3.82. The number of benzene rings is 2. The van der Waals surface area contributed by atoms with Gasteiger partial charge in [0.05, 0.1) is 6.61 Å². The Morgan fingerprint density at radius 1 is 1.05 bits per heavy atom. The zero-order chi connectivity index (χ0) is 15.8. The molecule has 0 bridgehead atoms. The molecular weight excluding hydrogens is 298 g/mol. The summed E-state index contributed by atoms with van der Waals surface area (Å²) < 4.78 is 11.0. The quantitative estimate of drug-likeness (QED) is 0.789. The summed E-state index contributed by atoms with van der Waals surface area (Å²) in [4.78, 5) is 13.1. The van der Waals surface area contributed by atoms with E-state index in [4.69, 9.17) is 9.47 Å². The molecule has 2 rings (SSSR count). The Hall–Kier alpha value is -2.14. The molecule has 0 aliphatic carbocycles. The van der Waals surface area contributed by atoms with Gasteiger partial charge in [-0.15, -0.1) is 11.8 Å². The van der Waals surface area contributed by atoms with E-state index in [0.717, 1.165) is 10.6 Å². The monoisotopic (exact) mass is 317 g/mol. The average molecular weight is 317 g/mol. The summed E-state index contributed by atoms with van der Waals surface area (Å²) in [6, 6.07) is 15.0. The first kappa shape index (κ1) is 16.2. The summed E-state index contributed by atoms with van der Waals surface area (Å²) in [5.74, 6) is 1.00. The number of hydrogen-bond donors (Lipinski definition) is 1. The Labute approximate surface area is 134 Å². The average Bonchev–Trinajstić information content (AvgIpc) is 2.55. The number of ether oxygens (including phenoxy) is 2. The molecule has 1 N–H and O–H groups in total. The van der Waals surface area contributed by atoms with Crippen LogP contribution in [0.2, 0.25) is 0 Å². The standard InChI is InChI=1S/C17H19NO3S/c1-3-20-15-6-4-5-7-16(15)21-12-17(19)18-13-8-10-14(22-2)11-9-13/h4-11H,3,12H2,1-2H3,(H,18,19). The summed E-state index contributed by atoms with van der Waals surface area (Å²) in [5, 5.41) is 2.80. The van der Waals surface area contributed by atoms with Crippen LogP contribution in [0.15, 0.2) is 53.4 Å². The molecule has 1 amide bonds. The molecule has 0 saturated carbocycles. The van der Waals surface area contributed by atoms with E-state index >= 15 is 0 Å². The number of nitrogens with one attached hydrogen (secondary N) is 1. The Kier molecular flexibility index (Phi) is 6.15. The molecule has 5 heteroatoms. The topological polar surface area (TPSA) is 47.6 Å². The Morgan fingerprint density at radius 2 is 1.68 bits per heavy atom. The fourth-order valence-electron chi connectivity index (χ4n) is 1.86. The summed E-state index contributed by atoms with van der Waals surface area (Å²) in [7, 11) is 0. The Morgan fingerprint density at radius 3 is 2.27 bits per heavy atom. The van der Waals surface area contributed by atoms with Gasteiger partial charge in [-0.25, -0.2) is 0 Å². The Bertz CT molecular complexity index is 614. The van der Waals surface area contributed by atoms with Gasteiger partial charge in [-0.2, -0.15) is 0 Å². The van der Waals surface area contributed by atoms with E-state index < -0.39 is 0 Å².